The van der Waals surface area contributed by atoms with Crippen molar-refractivity contribution in [1.82, 2.24) is 15.5 Å². The predicted octanol–water partition coefficient (Wildman–Crippen LogP) is 2.45. The summed E-state index contributed by atoms with van der Waals surface area (Å²) in [6.45, 7) is 6.77. The molecular weight excluding hydrogens is 272 g/mol. The van der Waals surface area contributed by atoms with Crippen molar-refractivity contribution in [3.05, 3.63) is 12.4 Å². The zero-order valence-electron chi connectivity index (χ0n) is 12.8. The lowest BCUT2D eigenvalue weighted by atomic mass is 9.76. The number of carboxylic acids is 1. The molecule has 21 heavy (non-hydrogen) atoms. The lowest BCUT2D eigenvalue weighted by molar-refractivity contribution is -0.137. The van der Waals surface area contributed by atoms with Crippen LogP contribution in [0.25, 0.3) is 0 Å². The summed E-state index contributed by atoms with van der Waals surface area (Å²) in [7, 11) is 0. The molecule has 7 nitrogen and oxygen atoms in total. The van der Waals surface area contributed by atoms with Crippen LogP contribution in [0.1, 0.15) is 40.0 Å². The Bertz CT molecular complexity index is 451. The van der Waals surface area contributed by atoms with Crippen LogP contribution in [0.4, 0.5) is 10.5 Å². The third kappa shape index (κ3) is 6.78. The van der Waals surface area contributed by atoms with E-state index in [0.717, 1.165) is 6.42 Å². The van der Waals surface area contributed by atoms with Crippen LogP contribution < -0.4 is 10.6 Å². The van der Waals surface area contributed by atoms with Gasteiger partial charge in [-0.3, -0.25) is 9.89 Å². The zero-order valence-corrected chi connectivity index (χ0v) is 12.8. The van der Waals surface area contributed by atoms with Gasteiger partial charge >= 0.3 is 12.0 Å². The number of hydrogen-bond acceptors (Lipinski definition) is 3. The molecule has 0 saturated carbocycles. The largest absolute Gasteiger partial charge is 0.481 e. The van der Waals surface area contributed by atoms with Crippen molar-refractivity contribution in [3.8, 4) is 0 Å². The Kier molecular flexibility index (Phi) is 6.20. The number of aromatic amines is 1. The summed E-state index contributed by atoms with van der Waals surface area (Å²) in [4.78, 5) is 22.4. The molecule has 0 saturated heterocycles. The van der Waals surface area contributed by atoms with Crippen LogP contribution in [0.15, 0.2) is 12.4 Å². The Labute approximate surface area is 124 Å². The molecule has 2 amide bonds. The number of hydrogen-bond donors (Lipinski definition) is 4. The number of nitrogens with zero attached hydrogens (tertiary/aromatic N) is 1. The summed E-state index contributed by atoms with van der Waals surface area (Å²) in [5, 5.41) is 20.6. The molecule has 4 N–H and O–H groups in total. The minimum absolute atomic E-state index is 0.0121. The van der Waals surface area contributed by atoms with Crippen molar-refractivity contribution in [2.24, 2.45) is 11.3 Å². The van der Waals surface area contributed by atoms with Gasteiger partial charge in [0, 0.05) is 19.2 Å². The monoisotopic (exact) mass is 296 g/mol. The third-order valence-electron chi connectivity index (χ3n) is 3.47. The molecule has 1 rings (SSSR count). The fourth-order valence-electron chi connectivity index (χ4n) is 2.16. The van der Waals surface area contributed by atoms with Gasteiger partial charge in [-0.25, -0.2) is 4.79 Å². The summed E-state index contributed by atoms with van der Waals surface area (Å²) >= 11 is 0. The number of H-pyrrole nitrogens is 1. The normalized spacial score (nSPS) is 12.7. The molecule has 0 aliphatic heterocycles. The first kappa shape index (κ1) is 17.0. The van der Waals surface area contributed by atoms with E-state index < -0.39 is 5.97 Å². The second kappa shape index (κ2) is 7.66. The maximum Gasteiger partial charge on any atom is 0.319 e. The van der Waals surface area contributed by atoms with Crippen molar-refractivity contribution in [1.29, 1.82) is 0 Å². The Hall–Kier alpha value is -2.05. The van der Waals surface area contributed by atoms with Crippen molar-refractivity contribution >= 4 is 17.7 Å². The van der Waals surface area contributed by atoms with Gasteiger partial charge < -0.3 is 15.7 Å². The van der Waals surface area contributed by atoms with Crippen molar-refractivity contribution < 1.29 is 14.7 Å². The average molecular weight is 296 g/mol. The highest BCUT2D eigenvalue weighted by Gasteiger charge is 2.24. The molecule has 7 heteroatoms. The van der Waals surface area contributed by atoms with Crippen LogP contribution >= 0.6 is 0 Å². The van der Waals surface area contributed by atoms with E-state index in [1.54, 1.807) is 6.20 Å². The Morgan fingerprint density at radius 2 is 2.10 bits per heavy atom. The number of rotatable bonds is 7. The molecule has 1 heterocycles. The smallest absolute Gasteiger partial charge is 0.319 e. The fourth-order valence-corrected chi connectivity index (χ4v) is 2.16. The minimum Gasteiger partial charge on any atom is -0.481 e. The molecule has 118 valence electrons. The number of carboxylic acid groups (broad SMARTS) is 1. The quantitative estimate of drug-likeness (QED) is 0.620. The number of nitrogens with one attached hydrogen (secondary N) is 3. The van der Waals surface area contributed by atoms with Gasteiger partial charge in [0.1, 0.15) is 0 Å². The van der Waals surface area contributed by atoms with Gasteiger partial charge in [0.2, 0.25) is 0 Å². The summed E-state index contributed by atoms with van der Waals surface area (Å²) in [6, 6.07) is -0.290. The average Bonchev–Trinajstić information content (AvgIpc) is 2.84. The van der Waals surface area contributed by atoms with E-state index in [1.165, 1.54) is 6.20 Å². The van der Waals surface area contributed by atoms with Gasteiger partial charge in [-0.15, -0.1) is 0 Å². The molecule has 0 aliphatic carbocycles. The van der Waals surface area contributed by atoms with Crippen LogP contribution in [0, 0.1) is 11.3 Å². The van der Waals surface area contributed by atoms with Gasteiger partial charge in [-0.05, 0) is 24.2 Å². The topological polar surface area (TPSA) is 107 Å². The second-order valence-corrected chi connectivity index (χ2v) is 6.15. The fraction of sp³-hybridized carbons (Fsp3) is 0.643. The number of aromatic nitrogens is 2. The van der Waals surface area contributed by atoms with E-state index >= 15 is 0 Å². The minimum atomic E-state index is -0.782. The number of carbonyl (C=O) groups is 2. The van der Waals surface area contributed by atoms with Gasteiger partial charge in [0.05, 0.1) is 11.9 Å². The van der Waals surface area contributed by atoms with Crippen LogP contribution in [0.5, 0.6) is 0 Å². The number of carbonyl (C=O) groups excluding carboxylic acids is 1. The molecule has 0 aromatic carbocycles. The standard InChI is InChI=1S/C14H24N4O3/c1-14(2,3)10(4-5-12(19)20)6-7-15-13(21)18-11-8-16-17-9-11/h8-10H,4-7H2,1-3H3,(H,16,17)(H,19,20)(H2,15,18,21). The Balaban J connectivity index is 2.35. The van der Waals surface area contributed by atoms with E-state index in [9.17, 15) is 9.59 Å². The number of amides is 2. The zero-order chi connectivity index (χ0) is 15.9. The summed E-state index contributed by atoms with van der Waals surface area (Å²) < 4.78 is 0. The molecule has 0 aliphatic rings. The molecule has 1 unspecified atom stereocenters. The molecule has 0 fully saturated rings. The van der Waals surface area contributed by atoms with Crippen molar-refractivity contribution in [2.75, 3.05) is 11.9 Å². The van der Waals surface area contributed by atoms with Crippen LogP contribution in [-0.2, 0) is 4.79 Å². The summed E-state index contributed by atoms with van der Waals surface area (Å²) in [6.07, 6.45) is 4.62. The van der Waals surface area contributed by atoms with Gasteiger partial charge in [0.25, 0.3) is 0 Å². The third-order valence-corrected chi connectivity index (χ3v) is 3.47. The van der Waals surface area contributed by atoms with Crippen LogP contribution in [0.2, 0.25) is 0 Å². The number of aliphatic carboxylic acids is 1. The SMILES string of the molecule is CC(C)(C)C(CCNC(=O)Nc1cn[nH]c1)CCC(=O)O. The highest BCUT2D eigenvalue weighted by molar-refractivity contribution is 5.88. The van der Waals surface area contributed by atoms with Crippen LogP contribution in [-0.4, -0.2) is 33.8 Å². The van der Waals surface area contributed by atoms with Gasteiger partial charge in [0.15, 0.2) is 0 Å². The first-order valence-electron chi connectivity index (χ1n) is 7.04. The second-order valence-electron chi connectivity index (χ2n) is 6.15. The molecule has 1 aromatic heterocycles. The first-order chi connectivity index (χ1) is 9.79. The molecule has 1 aromatic rings. The summed E-state index contributed by atoms with van der Waals surface area (Å²) in [5.74, 6) is -0.544. The highest BCUT2D eigenvalue weighted by atomic mass is 16.4. The summed E-state index contributed by atoms with van der Waals surface area (Å²) in [5.41, 5.74) is 0.615. The van der Waals surface area contributed by atoms with Crippen molar-refractivity contribution in [3.63, 3.8) is 0 Å². The lowest BCUT2D eigenvalue weighted by Gasteiger charge is -2.30. The molecular formula is C14H24N4O3. The first-order valence-corrected chi connectivity index (χ1v) is 7.04. The van der Waals surface area contributed by atoms with E-state index in [2.05, 4.69) is 41.6 Å². The molecule has 1 atom stereocenters. The predicted molar refractivity (Wildman–Crippen MR) is 80.0 cm³/mol. The van der Waals surface area contributed by atoms with E-state index in [0.29, 0.717) is 18.7 Å². The van der Waals surface area contributed by atoms with Crippen LogP contribution in [0.3, 0.4) is 0 Å². The molecule has 0 radical (unpaired) electrons. The number of urea groups is 1. The number of anilines is 1. The maximum absolute atomic E-state index is 11.6. The Morgan fingerprint density at radius 1 is 1.38 bits per heavy atom. The van der Waals surface area contributed by atoms with Gasteiger partial charge in [-0.2, -0.15) is 5.10 Å². The van der Waals surface area contributed by atoms with E-state index in [1.807, 2.05) is 0 Å². The lowest BCUT2D eigenvalue weighted by Crippen LogP contribution is -2.32. The highest BCUT2D eigenvalue weighted by Crippen LogP contribution is 2.32. The van der Waals surface area contributed by atoms with Gasteiger partial charge in [-0.1, -0.05) is 20.8 Å². The molecule has 0 bridgehead atoms. The van der Waals surface area contributed by atoms with Crippen molar-refractivity contribution in [2.45, 2.75) is 40.0 Å². The molecule has 0 spiro atoms. The maximum atomic E-state index is 11.6. The Morgan fingerprint density at radius 3 is 2.62 bits per heavy atom. The van der Waals surface area contributed by atoms with E-state index in [-0.39, 0.29) is 23.8 Å². The van der Waals surface area contributed by atoms with E-state index in [4.69, 9.17) is 5.11 Å².